The second-order valence-electron chi connectivity index (χ2n) is 6.34. The molecule has 1 saturated carbocycles. The number of rotatable bonds is 6. The summed E-state index contributed by atoms with van der Waals surface area (Å²) in [6.45, 7) is 3.20. The van der Waals surface area contributed by atoms with Crippen LogP contribution in [0.5, 0.6) is 5.75 Å². The molecule has 1 aromatic carbocycles. The van der Waals surface area contributed by atoms with Crippen LogP contribution in [0.1, 0.15) is 49.4 Å². The molecule has 0 aliphatic heterocycles. The summed E-state index contributed by atoms with van der Waals surface area (Å²) in [6, 6.07) is 7.47. The maximum Gasteiger partial charge on any atom is 0.253 e. The number of hydrogen-bond acceptors (Lipinski definition) is 3. The summed E-state index contributed by atoms with van der Waals surface area (Å²) < 4.78 is 5.86. The molecule has 1 unspecified atom stereocenters. The molecule has 1 atom stereocenters. The number of carbonyl (C=O) groups excluding carboxylic acids is 1. The maximum atomic E-state index is 12.3. The predicted molar refractivity (Wildman–Crippen MR) is 89.1 cm³/mol. The van der Waals surface area contributed by atoms with E-state index in [1.54, 1.807) is 11.9 Å². The Morgan fingerprint density at radius 1 is 1.27 bits per heavy atom. The Morgan fingerprint density at radius 3 is 2.50 bits per heavy atom. The Labute approximate surface area is 133 Å². The number of benzene rings is 1. The minimum Gasteiger partial charge on any atom is -0.493 e. The second kappa shape index (κ2) is 8.18. The van der Waals surface area contributed by atoms with Gasteiger partial charge < -0.3 is 15.4 Å². The Kier molecular flexibility index (Phi) is 6.25. The summed E-state index contributed by atoms with van der Waals surface area (Å²) in [6.07, 6.45) is 6.57. The van der Waals surface area contributed by atoms with Gasteiger partial charge in [0.15, 0.2) is 0 Å². The molecule has 2 rings (SSSR count). The number of nitrogens with zero attached hydrogens (tertiary/aromatic N) is 1. The summed E-state index contributed by atoms with van der Waals surface area (Å²) >= 11 is 0. The number of ether oxygens (including phenoxy) is 1. The van der Waals surface area contributed by atoms with E-state index in [1.807, 2.05) is 31.2 Å². The van der Waals surface area contributed by atoms with Crippen molar-refractivity contribution in [3.63, 3.8) is 0 Å². The van der Waals surface area contributed by atoms with E-state index in [2.05, 4.69) is 0 Å². The van der Waals surface area contributed by atoms with Gasteiger partial charge >= 0.3 is 0 Å². The van der Waals surface area contributed by atoms with Gasteiger partial charge in [0.05, 0.1) is 6.61 Å². The van der Waals surface area contributed by atoms with Crippen LogP contribution >= 0.6 is 0 Å². The third-order valence-electron chi connectivity index (χ3n) is 4.63. The van der Waals surface area contributed by atoms with Crippen LogP contribution in [0.2, 0.25) is 0 Å². The molecule has 0 heterocycles. The molecule has 4 heteroatoms. The molecule has 0 saturated heterocycles. The highest BCUT2D eigenvalue weighted by Gasteiger charge is 2.17. The van der Waals surface area contributed by atoms with Crippen LogP contribution in [0.3, 0.4) is 0 Å². The fourth-order valence-electron chi connectivity index (χ4n) is 2.82. The summed E-state index contributed by atoms with van der Waals surface area (Å²) in [7, 11) is 1.79. The predicted octanol–water partition coefficient (Wildman–Crippen LogP) is 3.06. The number of hydrogen-bond donors (Lipinski definition) is 1. The van der Waals surface area contributed by atoms with E-state index in [0.717, 1.165) is 12.4 Å². The topological polar surface area (TPSA) is 55.6 Å². The highest BCUT2D eigenvalue weighted by molar-refractivity contribution is 5.94. The first kappa shape index (κ1) is 16.8. The SMILES string of the molecule is CC(CN)N(C)C(=O)c1ccc(OCC2CCCCC2)cc1. The molecule has 0 radical (unpaired) electrons. The van der Waals surface area contributed by atoms with Crippen molar-refractivity contribution in [2.24, 2.45) is 11.7 Å². The van der Waals surface area contributed by atoms with E-state index in [1.165, 1.54) is 32.1 Å². The maximum absolute atomic E-state index is 12.3. The Bertz CT molecular complexity index is 466. The normalized spacial score (nSPS) is 17.0. The molecular weight excluding hydrogens is 276 g/mol. The van der Waals surface area contributed by atoms with Gasteiger partial charge in [-0.2, -0.15) is 0 Å². The van der Waals surface area contributed by atoms with Gasteiger partial charge in [0, 0.05) is 25.2 Å². The fraction of sp³-hybridized carbons (Fsp3) is 0.611. The van der Waals surface area contributed by atoms with Crippen LogP contribution < -0.4 is 10.5 Å². The quantitative estimate of drug-likeness (QED) is 0.878. The van der Waals surface area contributed by atoms with Gasteiger partial charge in [-0.25, -0.2) is 0 Å². The van der Waals surface area contributed by atoms with Gasteiger partial charge in [-0.05, 0) is 49.9 Å². The first-order chi connectivity index (χ1) is 10.6. The molecule has 122 valence electrons. The lowest BCUT2D eigenvalue weighted by Gasteiger charge is -2.24. The minimum absolute atomic E-state index is 0.00298. The third kappa shape index (κ3) is 4.47. The fourth-order valence-corrected chi connectivity index (χ4v) is 2.82. The average Bonchev–Trinajstić information content (AvgIpc) is 2.59. The zero-order valence-electron chi connectivity index (χ0n) is 13.8. The van der Waals surface area contributed by atoms with Gasteiger partial charge in [0.2, 0.25) is 0 Å². The van der Waals surface area contributed by atoms with Gasteiger partial charge in [-0.3, -0.25) is 4.79 Å². The third-order valence-corrected chi connectivity index (χ3v) is 4.63. The van der Waals surface area contributed by atoms with Crippen LogP contribution in [0, 0.1) is 5.92 Å². The Hall–Kier alpha value is -1.55. The summed E-state index contributed by atoms with van der Waals surface area (Å²) in [5.74, 6) is 1.53. The molecule has 1 aliphatic rings. The van der Waals surface area contributed by atoms with Crippen molar-refractivity contribution in [2.45, 2.75) is 45.1 Å². The van der Waals surface area contributed by atoms with Gasteiger partial charge in [0.1, 0.15) is 5.75 Å². The highest BCUT2D eigenvalue weighted by atomic mass is 16.5. The molecule has 4 nitrogen and oxygen atoms in total. The summed E-state index contributed by atoms with van der Waals surface area (Å²) in [4.78, 5) is 14.0. The van der Waals surface area contributed by atoms with Crippen LogP contribution in [0.25, 0.3) is 0 Å². The van der Waals surface area contributed by atoms with E-state index in [4.69, 9.17) is 10.5 Å². The van der Waals surface area contributed by atoms with Gasteiger partial charge in [-0.15, -0.1) is 0 Å². The van der Waals surface area contributed by atoms with Crippen molar-refractivity contribution in [2.75, 3.05) is 20.2 Å². The molecule has 1 fully saturated rings. The van der Waals surface area contributed by atoms with Gasteiger partial charge in [0.25, 0.3) is 5.91 Å². The molecular formula is C18H28N2O2. The molecule has 1 aromatic rings. The smallest absolute Gasteiger partial charge is 0.253 e. The first-order valence-corrected chi connectivity index (χ1v) is 8.32. The van der Waals surface area contributed by atoms with E-state index in [0.29, 0.717) is 18.0 Å². The van der Waals surface area contributed by atoms with Crippen molar-refractivity contribution in [3.05, 3.63) is 29.8 Å². The largest absolute Gasteiger partial charge is 0.493 e. The summed E-state index contributed by atoms with van der Waals surface area (Å²) in [5, 5.41) is 0. The minimum atomic E-state index is -0.00298. The number of nitrogens with two attached hydrogens (primary N) is 1. The van der Waals surface area contributed by atoms with Crippen molar-refractivity contribution in [1.29, 1.82) is 0 Å². The second-order valence-corrected chi connectivity index (χ2v) is 6.34. The van der Waals surface area contributed by atoms with E-state index >= 15 is 0 Å². The molecule has 0 spiro atoms. The molecule has 0 bridgehead atoms. The number of likely N-dealkylation sites (N-methyl/N-ethyl adjacent to an activating group) is 1. The van der Waals surface area contributed by atoms with Crippen molar-refractivity contribution >= 4 is 5.91 Å². The molecule has 1 amide bonds. The number of amides is 1. The van der Waals surface area contributed by atoms with E-state index < -0.39 is 0 Å². The lowest BCUT2D eigenvalue weighted by molar-refractivity contribution is 0.0748. The molecule has 0 aromatic heterocycles. The number of carbonyl (C=O) groups is 1. The van der Waals surface area contributed by atoms with E-state index in [9.17, 15) is 4.79 Å². The van der Waals surface area contributed by atoms with Crippen LogP contribution in [-0.4, -0.2) is 37.0 Å². The molecule has 22 heavy (non-hydrogen) atoms. The van der Waals surface area contributed by atoms with Gasteiger partial charge in [-0.1, -0.05) is 19.3 Å². The standard InChI is InChI=1S/C18H28N2O2/c1-14(12-19)20(2)18(21)16-8-10-17(11-9-16)22-13-15-6-4-3-5-7-15/h8-11,14-15H,3-7,12-13,19H2,1-2H3. The first-order valence-electron chi connectivity index (χ1n) is 8.32. The van der Waals surface area contributed by atoms with Crippen molar-refractivity contribution < 1.29 is 9.53 Å². The summed E-state index contributed by atoms with van der Waals surface area (Å²) in [5.41, 5.74) is 6.28. The van der Waals surface area contributed by atoms with Crippen LogP contribution in [-0.2, 0) is 0 Å². The van der Waals surface area contributed by atoms with E-state index in [-0.39, 0.29) is 11.9 Å². The van der Waals surface area contributed by atoms with Crippen LogP contribution in [0.15, 0.2) is 24.3 Å². The zero-order valence-corrected chi connectivity index (χ0v) is 13.8. The Morgan fingerprint density at radius 2 is 1.91 bits per heavy atom. The Balaban J connectivity index is 1.88. The van der Waals surface area contributed by atoms with Crippen LogP contribution in [0.4, 0.5) is 0 Å². The molecule has 1 aliphatic carbocycles. The zero-order chi connectivity index (χ0) is 15.9. The molecule has 2 N–H and O–H groups in total. The lowest BCUT2D eigenvalue weighted by Crippen LogP contribution is -2.39. The van der Waals surface area contributed by atoms with Crippen molar-refractivity contribution in [1.82, 2.24) is 4.90 Å². The lowest BCUT2D eigenvalue weighted by atomic mass is 9.90. The average molecular weight is 304 g/mol. The highest BCUT2D eigenvalue weighted by Crippen LogP contribution is 2.24. The monoisotopic (exact) mass is 304 g/mol. The van der Waals surface area contributed by atoms with Crippen molar-refractivity contribution in [3.8, 4) is 5.75 Å².